The third-order valence-electron chi connectivity index (χ3n) is 2.76. The van der Waals surface area contributed by atoms with Crippen molar-refractivity contribution >= 4 is 0 Å². The lowest BCUT2D eigenvalue weighted by Gasteiger charge is -2.25. The molecule has 17 heavy (non-hydrogen) atoms. The molecule has 0 aliphatic heterocycles. The molecular weight excluding hydrogens is 221 g/mol. The van der Waals surface area contributed by atoms with Crippen LogP contribution in [0.5, 0.6) is 5.75 Å². The van der Waals surface area contributed by atoms with Gasteiger partial charge in [0.1, 0.15) is 11.6 Å². The first-order chi connectivity index (χ1) is 7.77. The topological polar surface area (TPSA) is 43.7 Å². The molecular formula is C13H20FNO2. The Morgan fingerprint density at radius 2 is 1.88 bits per heavy atom. The van der Waals surface area contributed by atoms with Gasteiger partial charge in [0.15, 0.2) is 0 Å². The average Bonchev–Trinajstić information content (AvgIpc) is 2.22. The molecule has 0 aliphatic rings. The molecule has 0 amide bonds. The predicted molar refractivity (Wildman–Crippen MR) is 65.6 cm³/mol. The van der Waals surface area contributed by atoms with E-state index in [0.29, 0.717) is 17.7 Å². The number of hydrogen-bond donors (Lipinski definition) is 2. The summed E-state index contributed by atoms with van der Waals surface area (Å²) in [5.41, 5.74) is 0.316. The van der Waals surface area contributed by atoms with Gasteiger partial charge in [0, 0.05) is 23.1 Å². The quantitative estimate of drug-likeness (QED) is 0.845. The van der Waals surface area contributed by atoms with Crippen LogP contribution in [0.1, 0.15) is 25.0 Å². The van der Waals surface area contributed by atoms with E-state index >= 15 is 0 Å². The second-order valence-electron chi connectivity index (χ2n) is 5.24. The van der Waals surface area contributed by atoms with Crippen LogP contribution in [0.3, 0.4) is 0 Å². The van der Waals surface area contributed by atoms with Gasteiger partial charge in [-0.2, -0.15) is 0 Å². The smallest absolute Gasteiger partial charge is 0.124 e. The maximum atomic E-state index is 13.5. The van der Waals surface area contributed by atoms with Gasteiger partial charge in [-0.15, -0.1) is 0 Å². The normalized spacial score (nSPS) is 12.2. The summed E-state index contributed by atoms with van der Waals surface area (Å²) in [6, 6.07) is 2.61. The van der Waals surface area contributed by atoms with E-state index in [0.717, 1.165) is 0 Å². The number of halogens is 1. The Kier molecular flexibility index (Phi) is 4.11. The largest absolute Gasteiger partial charge is 0.507 e. The van der Waals surface area contributed by atoms with Crippen molar-refractivity contribution in [1.29, 1.82) is 0 Å². The maximum absolute atomic E-state index is 13.5. The Balaban J connectivity index is 3.28. The lowest BCUT2D eigenvalue weighted by molar-refractivity contribution is 0.214. The van der Waals surface area contributed by atoms with E-state index in [2.05, 4.69) is 0 Å². The molecule has 0 fully saturated rings. The van der Waals surface area contributed by atoms with E-state index in [1.54, 1.807) is 13.8 Å². The summed E-state index contributed by atoms with van der Waals surface area (Å²) in [6.07, 6.45) is 0. The molecule has 0 atom stereocenters. The van der Waals surface area contributed by atoms with Crippen LogP contribution >= 0.6 is 0 Å². The van der Waals surface area contributed by atoms with Crippen molar-refractivity contribution in [2.45, 2.75) is 25.8 Å². The summed E-state index contributed by atoms with van der Waals surface area (Å²) in [5.74, 6) is -0.324. The van der Waals surface area contributed by atoms with Gasteiger partial charge in [-0.1, -0.05) is 13.8 Å². The molecule has 0 spiro atoms. The second-order valence-corrected chi connectivity index (χ2v) is 5.24. The Morgan fingerprint density at radius 3 is 2.35 bits per heavy atom. The van der Waals surface area contributed by atoms with Crippen LogP contribution in [0.25, 0.3) is 0 Å². The van der Waals surface area contributed by atoms with Crippen molar-refractivity contribution in [2.24, 2.45) is 0 Å². The highest BCUT2D eigenvalue weighted by Crippen LogP contribution is 2.34. The first kappa shape index (κ1) is 13.9. The molecule has 0 bridgehead atoms. The molecule has 1 rings (SSSR count). The minimum Gasteiger partial charge on any atom is -0.507 e. The van der Waals surface area contributed by atoms with Crippen molar-refractivity contribution in [1.82, 2.24) is 4.90 Å². The van der Waals surface area contributed by atoms with E-state index in [9.17, 15) is 14.6 Å². The van der Waals surface area contributed by atoms with Gasteiger partial charge in [-0.05, 0) is 26.2 Å². The summed E-state index contributed by atoms with van der Waals surface area (Å²) < 4.78 is 13.5. The van der Waals surface area contributed by atoms with Crippen molar-refractivity contribution < 1.29 is 14.6 Å². The van der Waals surface area contributed by atoms with Crippen LogP contribution in [0.4, 0.5) is 4.39 Å². The minimum atomic E-state index is -0.659. The third-order valence-corrected chi connectivity index (χ3v) is 2.76. The number of aliphatic hydroxyl groups excluding tert-OH is 1. The fourth-order valence-electron chi connectivity index (χ4n) is 1.72. The standard InChI is InChI=1S/C13H20FNO2/c1-13(2,8-16)11-6-10(14)5-9(12(11)17)7-15(3)4/h5-6,16-17H,7-8H2,1-4H3. The summed E-state index contributed by atoms with van der Waals surface area (Å²) in [6.45, 7) is 3.84. The summed E-state index contributed by atoms with van der Waals surface area (Å²) in [4.78, 5) is 1.85. The van der Waals surface area contributed by atoms with Gasteiger partial charge < -0.3 is 15.1 Å². The molecule has 0 aliphatic carbocycles. The van der Waals surface area contributed by atoms with Crippen LogP contribution < -0.4 is 0 Å². The van der Waals surface area contributed by atoms with Gasteiger partial charge in [0.25, 0.3) is 0 Å². The summed E-state index contributed by atoms with van der Waals surface area (Å²) in [5, 5.41) is 19.4. The third kappa shape index (κ3) is 3.17. The van der Waals surface area contributed by atoms with Crippen molar-refractivity contribution in [3.05, 3.63) is 29.1 Å². The van der Waals surface area contributed by atoms with E-state index < -0.39 is 11.2 Å². The first-order valence-electron chi connectivity index (χ1n) is 5.55. The number of rotatable bonds is 4. The van der Waals surface area contributed by atoms with Crippen LogP contribution in [0.2, 0.25) is 0 Å². The number of phenols is 1. The fourth-order valence-corrected chi connectivity index (χ4v) is 1.72. The molecule has 0 aromatic heterocycles. The zero-order chi connectivity index (χ0) is 13.2. The molecule has 2 N–H and O–H groups in total. The number of phenolic OH excluding ortho intramolecular Hbond substituents is 1. The van der Waals surface area contributed by atoms with E-state index in [1.807, 2.05) is 19.0 Å². The molecule has 1 aromatic carbocycles. The Hall–Kier alpha value is -1.13. The molecule has 0 saturated heterocycles. The molecule has 4 heteroatoms. The van der Waals surface area contributed by atoms with Gasteiger partial charge in [-0.3, -0.25) is 0 Å². The Labute approximate surface area is 101 Å². The summed E-state index contributed by atoms with van der Waals surface area (Å²) in [7, 11) is 3.70. The Morgan fingerprint density at radius 1 is 1.29 bits per heavy atom. The summed E-state index contributed by atoms with van der Waals surface area (Å²) >= 11 is 0. The van der Waals surface area contributed by atoms with Crippen LogP contribution in [-0.2, 0) is 12.0 Å². The van der Waals surface area contributed by atoms with Gasteiger partial charge >= 0.3 is 0 Å². The van der Waals surface area contributed by atoms with Crippen molar-refractivity contribution in [2.75, 3.05) is 20.7 Å². The molecule has 0 saturated carbocycles. The molecule has 0 unspecified atom stereocenters. The monoisotopic (exact) mass is 241 g/mol. The van der Waals surface area contributed by atoms with Crippen LogP contribution in [-0.4, -0.2) is 35.8 Å². The molecule has 0 heterocycles. The van der Waals surface area contributed by atoms with Gasteiger partial charge in [0.2, 0.25) is 0 Å². The number of aliphatic hydroxyl groups is 1. The highest BCUT2D eigenvalue weighted by Gasteiger charge is 2.25. The zero-order valence-electron chi connectivity index (χ0n) is 10.8. The van der Waals surface area contributed by atoms with Gasteiger partial charge in [0.05, 0.1) is 6.61 Å². The number of benzene rings is 1. The zero-order valence-corrected chi connectivity index (χ0v) is 10.8. The highest BCUT2D eigenvalue weighted by molar-refractivity contribution is 5.45. The van der Waals surface area contributed by atoms with E-state index in [4.69, 9.17) is 0 Å². The number of nitrogens with zero attached hydrogens (tertiary/aromatic N) is 1. The fraction of sp³-hybridized carbons (Fsp3) is 0.538. The number of aromatic hydroxyl groups is 1. The van der Waals surface area contributed by atoms with Crippen LogP contribution in [0, 0.1) is 5.82 Å². The van der Waals surface area contributed by atoms with Gasteiger partial charge in [-0.25, -0.2) is 4.39 Å². The Bertz CT molecular complexity index is 403. The highest BCUT2D eigenvalue weighted by atomic mass is 19.1. The lowest BCUT2D eigenvalue weighted by atomic mass is 9.83. The average molecular weight is 241 g/mol. The first-order valence-corrected chi connectivity index (χ1v) is 5.55. The minimum absolute atomic E-state index is 0.0687. The van der Waals surface area contributed by atoms with Crippen molar-refractivity contribution in [3.8, 4) is 5.75 Å². The molecule has 0 radical (unpaired) electrons. The van der Waals surface area contributed by atoms with E-state index in [-0.39, 0.29) is 12.4 Å². The molecule has 96 valence electrons. The molecule has 1 aromatic rings. The molecule has 3 nitrogen and oxygen atoms in total. The lowest BCUT2D eigenvalue weighted by Crippen LogP contribution is -2.23. The van der Waals surface area contributed by atoms with Crippen LogP contribution in [0.15, 0.2) is 12.1 Å². The second kappa shape index (κ2) is 5.02. The maximum Gasteiger partial charge on any atom is 0.124 e. The SMILES string of the molecule is CN(C)Cc1cc(F)cc(C(C)(C)CO)c1O. The van der Waals surface area contributed by atoms with E-state index in [1.165, 1.54) is 12.1 Å². The predicted octanol–water partition coefficient (Wildman–Crippen LogP) is 1.86. The van der Waals surface area contributed by atoms with Crippen molar-refractivity contribution in [3.63, 3.8) is 0 Å². The number of hydrogen-bond acceptors (Lipinski definition) is 3.